The monoisotopic (exact) mass is 542 g/mol. The Balaban J connectivity index is 1.20. The third-order valence-corrected chi connectivity index (χ3v) is 8.29. The first-order chi connectivity index (χ1) is 19.5. The number of tetrazole rings is 1. The van der Waals surface area contributed by atoms with Crippen molar-refractivity contribution in [2.45, 2.75) is 50.6 Å². The highest BCUT2D eigenvalue weighted by Gasteiger charge is 2.41. The summed E-state index contributed by atoms with van der Waals surface area (Å²) in [5.41, 5.74) is 2.94. The van der Waals surface area contributed by atoms with Gasteiger partial charge in [0.25, 0.3) is 5.95 Å². The molecule has 11 nitrogen and oxygen atoms in total. The first-order valence-electron chi connectivity index (χ1n) is 13.9. The van der Waals surface area contributed by atoms with Crippen LogP contribution in [0.25, 0.3) is 10.9 Å². The molecule has 0 saturated heterocycles. The molecule has 0 unspecified atom stereocenters. The molecule has 2 aromatic carbocycles. The number of fused-ring (bicyclic) bond motifs is 3. The molecule has 2 bridgehead atoms. The molecule has 2 atom stereocenters. The predicted octanol–water partition coefficient (Wildman–Crippen LogP) is 2.69. The van der Waals surface area contributed by atoms with E-state index >= 15 is 0 Å². The molecule has 0 spiro atoms. The molecule has 40 heavy (non-hydrogen) atoms. The predicted molar refractivity (Wildman–Crippen MR) is 149 cm³/mol. The minimum Gasteiger partial charge on any atom is -0.508 e. The topological polar surface area (TPSA) is 161 Å². The number of para-hydroxylation sites is 1. The van der Waals surface area contributed by atoms with Crippen LogP contribution in [-0.4, -0.2) is 61.2 Å². The highest BCUT2D eigenvalue weighted by molar-refractivity contribution is 5.89. The third kappa shape index (κ3) is 5.93. The van der Waals surface area contributed by atoms with Gasteiger partial charge in [-0.05, 0) is 78.5 Å². The van der Waals surface area contributed by atoms with Gasteiger partial charge in [0, 0.05) is 36.0 Å². The number of phenols is 1. The molecule has 7 rings (SSSR count). The highest BCUT2D eigenvalue weighted by atomic mass is 16.3. The Bertz CT molecular complexity index is 1440. The van der Waals surface area contributed by atoms with E-state index in [0.717, 1.165) is 34.9 Å². The summed E-state index contributed by atoms with van der Waals surface area (Å²) in [6.07, 6.45) is 7.07. The number of carbonyl (C=O) groups is 2. The fraction of sp³-hybridized carbons (Fsp3) is 0.414. The lowest BCUT2D eigenvalue weighted by Crippen LogP contribution is -2.54. The zero-order chi connectivity index (χ0) is 27.5. The van der Waals surface area contributed by atoms with Crippen molar-refractivity contribution in [2.75, 3.05) is 11.9 Å². The molecular formula is C29H34N8O3. The molecule has 3 saturated carbocycles. The van der Waals surface area contributed by atoms with Gasteiger partial charge >= 0.3 is 0 Å². The number of rotatable bonds is 11. The maximum atomic E-state index is 13.8. The van der Waals surface area contributed by atoms with Crippen molar-refractivity contribution in [3.8, 4) is 5.75 Å². The van der Waals surface area contributed by atoms with Gasteiger partial charge in [-0.25, -0.2) is 0 Å². The van der Waals surface area contributed by atoms with Crippen LogP contribution in [0.3, 0.4) is 0 Å². The summed E-state index contributed by atoms with van der Waals surface area (Å²) in [5.74, 6) is 1.40. The number of aromatic nitrogens is 5. The third-order valence-electron chi connectivity index (χ3n) is 8.29. The van der Waals surface area contributed by atoms with Crippen LogP contribution in [0.15, 0.2) is 54.7 Å². The first-order valence-corrected chi connectivity index (χ1v) is 13.9. The average Bonchev–Trinajstić information content (AvgIpc) is 3.62. The normalized spacial score (nSPS) is 21.2. The fourth-order valence-corrected chi connectivity index (χ4v) is 6.23. The fourth-order valence-electron chi connectivity index (χ4n) is 6.23. The second kappa shape index (κ2) is 11.4. The van der Waals surface area contributed by atoms with E-state index in [1.807, 2.05) is 24.4 Å². The standard InChI is InChI=1S/C29H34N8O3/c38-23-7-5-17(6-8-23)13-26(33-27(39)20-11-18-9-19(10-18)12-20)28(40)32-22(16-31-29-34-36-37-35-29)14-21-15-30-25-4-2-1-3-24(21)25/h1-8,15,18-20,22,26,30,38H,9-14,16H2,(H,32,40)(H,33,39)(H2,31,34,35,36,37)/t18-,19-,22-,26-/m0/s1. The lowest BCUT2D eigenvalue weighted by molar-refractivity contribution is -0.134. The molecule has 208 valence electrons. The van der Waals surface area contributed by atoms with Crippen LogP contribution < -0.4 is 16.0 Å². The summed E-state index contributed by atoms with van der Waals surface area (Å²) in [6.45, 7) is 0.358. The van der Waals surface area contributed by atoms with Crippen LogP contribution in [0.4, 0.5) is 5.95 Å². The number of carbonyl (C=O) groups excluding carboxylic acids is 2. The zero-order valence-electron chi connectivity index (χ0n) is 22.1. The molecule has 2 aromatic heterocycles. The Morgan fingerprint density at radius 3 is 2.50 bits per heavy atom. The molecule has 2 heterocycles. The number of aromatic amines is 2. The van der Waals surface area contributed by atoms with Crippen LogP contribution in [0.2, 0.25) is 0 Å². The summed E-state index contributed by atoms with van der Waals surface area (Å²) < 4.78 is 0. The average molecular weight is 543 g/mol. The van der Waals surface area contributed by atoms with Gasteiger partial charge in [-0.15, -0.1) is 5.10 Å². The summed E-state index contributed by atoms with van der Waals surface area (Å²) >= 11 is 0. The Morgan fingerprint density at radius 1 is 0.975 bits per heavy atom. The van der Waals surface area contributed by atoms with Gasteiger partial charge in [-0.3, -0.25) is 9.59 Å². The van der Waals surface area contributed by atoms with Crippen LogP contribution in [-0.2, 0) is 22.4 Å². The van der Waals surface area contributed by atoms with E-state index in [0.29, 0.717) is 37.2 Å². The first kappa shape index (κ1) is 25.8. The molecule has 3 aliphatic carbocycles. The molecule has 6 N–H and O–H groups in total. The lowest BCUT2D eigenvalue weighted by Gasteiger charge is -2.44. The van der Waals surface area contributed by atoms with Gasteiger partial charge in [0.15, 0.2) is 0 Å². The number of nitrogens with zero attached hydrogens (tertiary/aromatic N) is 3. The molecule has 2 amide bonds. The van der Waals surface area contributed by atoms with E-state index in [2.05, 4.69) is 47.6 Å². The molecule has 3 fully saturated rings. The molecular weight excluding hydrogens is 508 g/mol. The van der Waals surface area contributed by atoms with E-state index in [9.17, 15) is 14.7 Å². The van der Waals surface area contributed by atoms with Crippen LogP contribution in [0.5, 0.6) is 5.75 Å². The zero-order valence-corrected chi connectivity index (χ0v) is 22.1. The van der Waals surface area contributed by atoms with Crippen molar-refractivity contribution in [2.24, 2.45) is 17.8 Å². The summed E-state index contributed by atoms with van der Waals surface area (Å²) in [4.78, 5) is 30.4. The van der Waals surface area contributed by atoms with Crippen molar-refractivity contribution in [1.82, 2.24) is 36.2 Å². The van der Waals surface area contributed by atoms with Gasteiger partial charge < -0.3 is 26.0 Å². The van der Waals surface area contributed by atoms with Gasteiger partial charge in [0.05, 0.1) is 6.04 Å². The molecule has 0 aliphatic heterocycles. The number of anilines is 1. The maximum Gasteiger partial charge on any atom is 0.263 e. The van der Waals surface area contributed by atoms with Crippen molar-refractivity contribution in [3.05, 3.63) is 65.9 Å². The molecule has 4 aromatic rings. The smallest absolute Gasteiger partial charge is 0.263 e. The van der Waals surface area contributed by atoms with E-state index in [4.69, 9.17) is 0 Å². The number of H-pyrrole nitrogens is 2. The maximum absolute atomic E-state index is 13.8. The number of amides is 2. The molecule has 3 aliphatic rings. The van der Waals surface area contributed by atoms with Gasteiger partial charge in [-0.1, -0.05) is 35.4 Å². The number of hydrogen-bond acceptors (Lipinski definition) is 7. The highest BCUT2D eigenvalue weighted by Crippen LogP contribution is 2.48. The largest absolute Gasteiger partial charge is 0.508 e. The van der Waals surface area contributed by atoms with Gasteiger partial charge in [-0.2, -0.15) is 5.21 Å². The quantitative estimate of drug-likeness (QED) is 0.170. The van der Waals surface area contributed by atoms with Crippen LogP contribution in [0, 0.1) is 17.8 Å². The second-order valence-corrected chi connectivity index (χ2v) is 11.2. The van der Waals surface area contributed by atoms with E-state index in [1.165, 1.54) is 12.8 Å². The summed E-state index contributed by atoms with van der Waals surface area (Å²) in [6, 6.07) is 13.7. The summed E-state index contributed by atoms with van der Waals surface area (Å²) in [5, 5.41) is 34.1. The van der Waals surface area contributed by atoms with Crippen LogP contribution >= 0.6 is 0 Å². The Morgan fingerprint density at radius 2 is 1.75 bits per heavy atom. The molecule has 11 heteroatoms. The number of nitrogens with one attached hydrogen (secondary N) is 5. The minimum atomic E-state index is -0.758. The number of hydrogen-bond donors (Lipinski definition) is 6. The minimum absolute atomic E-state index is 0.0467. The van der Waals surface area contributed by atoms with E-state index in [-0.39, 0.29) is 29.5 Å². The Kier molecular flexibility index (Phi) is 7.35. The molecule has 0 radical (unpaired) electrons. The number of aromatic hydroxyl groups is 1. The lowest BCUT2D eigenvalue weighted by atomic mass is 9.61. The van der Waals surface area contributed by atoms with Crippen molar-refractivity contribution in [3.63, 3.8) is 0 Å². The van der Waals surface area contributed by atoms with Crippen molar-refractivity contribution in [1.29, 1.82) is 0 Å². The summed E-state index contributed by atoms with van der Waals surface area (Å²) in [7, 11) is 0. The van der Waals surface area contributed by atoms with Crippen molar-refractivity contribution < 1.29 is 14.7 Å². The number of benzene rings is 2. The Labute approximate surface area is 231 Å². The van der Waals surface area contributed by atoms with Crippen LogP contribution in [0.1, 0.15) is 36.8 Å². The van der Waals surface area contributed by atoms with Gasteiger partial charge in [0.1, 0.15) is 11.8 Å². The number of phenolic OH excluding ortho intramolecular Hbond substituents is 1. The SMILES string of the molecule is O=C(N[C@@H](Cc1ccc(O)cc1)C(=O)N[C@H](CNc1nn[nH]n1)Cc1c[nH]c2ccccc12)C1C[C@H]2C[C@H](C1)C2. The van der Waals surface area contributed by atoms with Crippen molar-refractivity contribution >= 4 is 28.7 Å². The second-order valence-electron chi connectivity index (χ2n) is 11.2. The van der Waals surface area contributed by atoms with E-state index in [1.54, 1.807) is 24.3 Å². The van der Waals surface area contributed by atoms with E-state index < -0.39 is 6.04 Å². The Hall–Kier alpha value is -4.41. The van der Waals surface area contributed by atoms with Gasteiger partial charge in [0.2, 0.25) is 11.8 Å².